The molecule has 2 aromatic carbocycles. The lowest BCUT2D eigenvalue weighted by atomic mass is 9.95. The lowest BCUT2D eigenvalue weighted by Crippen LogP contribution is -2.17. The Morgan fingerprint density at radius 2 is 1.73 bits per heavy atom. The predicted molar refractivity (Wildman–Crippen MR) is 90.8 cm³/mol. The van der Waals surface area contributed by atoms with Crippen molar-refractivity contribution >= 4 is 5.97 Å². The Bertz CT molecular complexity index is 747. The Hall–Kier alpha value is -2.54. The minimum atomic E-state index is -4.72. The topological polar surface area (TPSA) is 58.6 Å². The number of carbonyl (C=O) groups is 1. The van der Waals surface area contributed by atoms with Crippen molar-refractivity contribution in [2.24, 2.45) is 0 Å². The maximum atomic E-state index is 12.3. The average Bonchev–Trinajstić information content (AvgIpc) is 2.54. The van der Waals surface area contributed by atoms with E-state index in [1.54, 1.807) is 18.2 Å². The van der Waals surface area contributed by atoms with Gasteiger partial charge < -0.3 is 15.2 Å². The first-order chi connectivity index (χ1) is 12.3. The molecule has 2 rings (SSSR count). The molecule has 140 valence electrons. The predicted octanol–water partition coefficient (Wildman–Crippen LogP) is 4.45. The van der Waals surface area contributed by atoms with E-state index < -0.39 is 18.2 Å². The van der Waals surface area contributed by atoms with Crippen LogP contribution in [0.15, 0.2) is 48.5 Å². The van der Waals surface area contributed by atoms with Crippen molar-refractivity contribution in [3.63, 3.8) is 0 Å². The second-order valence-electron chi connectivity index (χ2n) is 5.84. The molecule has 4 nitrogen and oxygen atoms in total. The molecular weight excluding hydrogens is 347 g/mol. The van der Waals surface area contributed by atoms with Gasteiger partial charge in [0.25, 0.3) is 0 Å². The molecule has 0 aliphatic heterocycles. The smallest absolute Gasteiger partial charge is 0.481 e. The number of carboxylic acids is 1. The van der Waals surface area contributed by atoms with Gasteiger partial charge in [-0.05, 0) is 35.2 Å². The Balaban J connectivity index is 1.96. The van der Waals surface area contributed by atoms with Gasteiger partial charge >= 0.3 is 12.3 Å². The van der Waals surface area contributed by atoms with Gasteiger partial charge in [0.15, 0.2) is 0 Å². The highest BCUT2D eigenvalue weighted by atomic mass is 19.4. The van der Waals surface area contributed by atoms with Gasteiger partial charge in [-0.15, -0.1) is 13.2 Å². The Morgan fingerprint density at radius 1 is 1.12 bits per heavy atom. The molecule has 0 radical (unpaired) electrons. The molecule has 1 unspecified atom stereocenters. The Labute approximate surface area is 149 Å². The average molecular weight is 367 g/mol. The highest BCUT2D eigenvalue weighted by Gasteiger charge is 2.31. The zero-order valence-corrected chi connectivity index (χ0v) is 14.2. The monoisotopic (exact) mass is 367 g/mol. The van der Waals surface area contributed by atoms with E-state index in [0.717, 1.165) is 11.1 Å². The summed E-state index contributed by atoms with van der Waals surface area (Å²) in [6, 6.07) is 13.1. The lowest BCUT2D eigenvalue weighted by Gasteiger charge is -2.13. The highest BCUT2D eigenvalue weighted by molar-refractivity contribution is 5.76. The quantitative estimate of drug-likeness (QED) is 0.724. The van der Waals surface area contributed by atoms with Crippen LogP contribution in [0, 0.1) is 0 Å². The van der Waals surface area contributed by atoms with E-state index in [9.17, 15) is 23.1 Å². The summed E-state index contributed by atoms with van der Waals surface area (Å²) in [6.45, 7) is 2.64. The van der Waals surface area contributed by atoms with E-state index in [1.807, 2.05) is 19.1 Å². The number of benzene rings is 2. The first-order valence-electron chi connectivity index (χ1n) is 8.15. The third kappa shape index (κ3) is 6.07. The van der Waals surface area contributed by atoms with Gasteiger partial charge in [-0.2, -0.15) is 0 Å². The summed E-state index contributed by atoms with van der Waals surface area (Å²) >= 11 is 0. The molecule has 0 saturated heterocycles. The first-order valence-corrected chi connectivity index (χ1v) is 8.15. The van der Waals surface area contributed by atoms with Gasteiger partial charge in [0.2, 0.25) is 0 Å². The number of hydrogen-bond donors (Lipinski definition) is 2. The summed E-state index contributed by atoms with van der Waals surface area (Å²) < 4.78 is 40.7. The van der Waals surface area contributed by atoms with Crippen LogP contribution >= 0.6 is 0 Å². The molecule has 26 heavy (non-hydrogen) atoms. The molecule has 1 atom stereocenters. The first kappa shape index (κ1) is 19.8. The van der Waals surface area contributed by atoms with Gasteiger partial charge in [0.1, 0.15) is 5.75 Å². The third-order valence-corrected chi connectivity index (χ3v) is 3.85. The van der Waals surface area contributed by atoms with Gasteiger partial charge in [0.05, 0.1) is 5.92 Å². The van der Waals surface area contributed by atoms with Crippen LogP contribution in [0.5, 0.6) is 5.75 Å². The van der Waals surface area contributed by atoms with Crippen molar-refractivity contribution in [3.8, 4) is 5.75 Å². The minimum Gasteiger partial charge on any atom is -0.481 e. The molecule has 7 heteroatoms. The number of carboxylic acid groups (broad SMARTS) is 1. The van der Waals surface area contributed by atoms with Crippen molar-refractivity contribution in [1.29, 1.82) is 0 Å². The van der Waals surface area contributed by atoms with Gasteiger partial charge in [-0.3, -0.25) is 4.79 Å². The van der Waals surface area contributed by atoms with E-state index in [4.69, 9.17) is 0 Å². The summed E-state index contributed by atoms with van der Waals surface area (Å²) in [5.74, 6) is -1.67. The standard InChI is InChI=1S/C19H20F3NO3/c1-2-17(18(24)25)15-7-3-5-13(9-15)11-23-12-14-6-4-8-16(10-14)26-19(20,21)22/h3-10,17,23H,2,11-12H2,1H3,(H,24,25). The van der Waals surface area contributed by atoms with Crippen molar-refractivity contribution in [3.05, 3.63) is 65.2 Å². The SMILES string of the molecule is CCC(C(=O)O)c1cccc(CNCc2cccc(OC(F)(F)F)c2)c1. The van der Waals surface area contributed by atoms with Crippen LogP contribution in [0.4, 0.5) is 13.2 Å². The summed E-state index contributed by atoms with van der Waals surface area (Å²) in [6.07, 6.45) is -4.22. The number of nitrogens with one attached hydrogen (secondary N) is 1. The van der Waals surface area contributed by atoms with Crippen LogP contribution in [-0.2, 0) is 17.9 Å². The largest absolute Gasteiger partial charge is 0.573 e. The Kier molecular flexibility index (Phi) is 6.63. The molecule has 0 aliphatic carbocycles. The Morgan fingerprint density at radius 3 is 2.31 bits per heavy atom. The summed E-state index contributed by atoms with van der Waals surface area (Å²) in [7, 11) is 0. The van der Waals surface area contributed by atoms with E-state index in [1.165, 1.54) is 18.2 Å². The van der Waals surface area contributed by atoms with Gasteiger partial charge in [-0.1, -0.05) is 43.3 Å². The van der Waals surface area contributed by atoms with Crippen molar-refractivity contribution in [2.75, 3.05) is 0 Å². The third-order valence-electron chi connectivity index (χ3n) is 3.85. The van der Waals surface area contributed by atoms with E-state index in [0.29, 0.717) is 25.1 Å². The van der Waals surface area contributed by atoms with Gasteiger partial charge in [-0.25, -0.2) is 0 Å². The maximum absolute atomic E-state index is 12.3. The number of halogens is 3. The molecular formula is C19H20F3NO3. The van der Waals surface area contributed by atoms with Crippen LogP contribution in [0.1, 0.15) is 36.0 Å². The highest BCUT2D eigenvalue weighted by Crippen LogP contribution is 2.23. The van der Waals surface area contributed by atoms with E-state index >= 15 is 0 Å². The molecule has 0 aromatic heterocycles. The van der Waals surface area contributed by atoms with Crippen LogP contribution < -0.4 is 10.1 Å². The van der Waals surface area contributed by atoms with Crippen LogP contribution in [0.2, 0.25) is 0 Å². The zero-order valence-electron chi connectivity index (χ0n) is 14.2. The van der Waals surface area contributed by atoms with E-state index in [-0.39, 0.29) is 5.75 Å². The number of hydrogen-bond acceptors (Lipinski definition) is 3. The molecule has 2 aromatic rings. The molecule has 0 heterocycles. The molecule has 0 saturated carbocycles. The second kappa shape index (κ2) is 8.71. The summed E-state index contributed by atoms with van der Waals surface area (Å²) in [4.78, 5) is 11.3. The molecule has 0 spiro atoms. The molecule has 0 bridgehead atoms. The molecule has 0 aliphatic rings. The zero-order chi connectivity index (χ0) is 19.2. The van der Waals surface area contributed by atoms with Crippen molar-refractivity contribution in [2.45, 2.75) is 38.7 Å². The van der Waals surface area contributed by atoms with Gasteiger partial charge in [0, 0.05) is 13.1 Å². The normalized spacial score (nSPS) is 12.6. The summed E-state index contributed by atoms with van der Waals surface area (Å²) in [5.41, 5.74) is 2.30. The van der Waals surface area contributed by atoms with Crippen LogP contribution in [0.25, 0.3) is 0 Å². The van der Waals surface area contributed by atoms with Crippen molar-refractivity contribution in [1.82, 2.24) is 5.32 Å². The maximum Gasteiger partial charge on any atom is 0.573 e. The number of aliphatic carboxylic acids is 1. The fourth-order valence-corrected chi connectivity index (χ4v) is 2.68. The second-order valence-corrected chi connectivity index (χ2v) is 5.84. The van der Waals surface area contributed by atoms with Crippen LogP contribution in [0.3, 0.4) is 0 Å². The number of alkyl halides is 3. The number of ether oxygens (including phenoxy) is 1. The summed E-state index contributed by atoms with van der Waals surface area (Å²) in [5, 5.41) is 12.4. The molecule has 0 amide bonds. The van der Waals surface area contributed by atoms with Crippen molar-refractivity contribution < 1.29 is 27.8 Å². The number of rotatable bonds is 8. The van der Waals surface area contributed by atoms with E-state index in [2.05, 4.69) is 10.1 Å². The lowest BCUT2D eigenvalue weighted by molar-refractivity contribution is -0.274. The minimum absolute atomic E-state index is 0.258. The molecule has 2 N–H and O–H groups in total. The fraction of sp³-hybridized carbons (Fsp3) is 0.316. The van der Waals surface area contributed by atoms with Crippen LogP contribution in [-0.4, -0.2) is 17.4 Å². The fourth-order valence-electron chi connectivity index (χ4n) is 2.68. The molecule has 0 fully saturated rings.